The van der Waals surface area contributed by atoms with Gasteiger partial charge in [0.25, 0.3) is 0 Å². The zero-order chi connectivity index (χ0) is 12.8. The van der Waals surface area contributed by atoms with Crippen LogP contribution in [0.2, 0.25) is 0 Å². The van der Waals surface area contributed by atoms with Crippen LogP contribution < -0.4 is 0 Å². The summed E-state index contributed by atoms with van der Waals surface area (Å²) in [5.41, 5.74) is -0.0202. The molecule has 0 aromatic carbocycles. The van der Waals surface area contributed by atoms with Crippen LogP contribution in [0.4, 0.5) is 0 Å². The van der Waals surface area contributed by atoms with E-state index in [1.165, 1.54) is 30.6 Å². The molecule has 0 saturated heterocycles. The summed E-state index contributed by atoms with van der Waals surface area (Å²) < 4.78 is 10.3. The summed E-state index contributed by atoms with van der Waals surface area (Å²) in [5.74, 6) is -1.05. The predicted molar refractivity (Wildman–Crippen MR) is 69.2 cm³/mol. The van der Waals surface area contributed by atoms with E-state index >= 15 is 0 Å². The number of rotatable bonds is 4. The second kappa shape index (κ2) is 6.76. The van der Waals surface area contributed by atoms with Crippen LogP contribution in [0.25, 0.3) is 0 Å². The normalized spacial score (nSPS) is 14.0. The van der Waals surface area contributed by atoms with Crippen molar-refractivity contribution in [1.82, 2.24) is 0 Å². The van der Waals surface area contributed by atoms with E-state index in [0.29, 0.717) is 4.24 Å². The monoisotopic (exact) mass is 274 g/mol. The number of methoxy groups -OCH3 is 1. The average molecular weight is 274 g/mol. The predicted octanol–water partition coefficient (Wildman–Crippen LogP) is 2.52. The summed E-state index contributed by atoms with van der Waals surface area (Å²) >= 11 is 2.63. The molecule has 0 aromatic heterocycles. The second-order valence-electron chi connectivity index (χ2n) is 3.65. The minimum absolute atomic E-state index is 0.0202. The summed E-state index contributed by atoms with van der Waals surface area (Å²) in [6, 6.07) is 0. The van der Waals surface area contributed by atoms with Crippen molar-refractivity contribution in [3.8, 4) is 0 Å². The highest BCUT2D eigenvalue weighted by Gasteiger charge is 2.27. The molecule has 0 aliphatic carbocycles. The smallest absolute Gasteiger partial charge is 0.347 e. The fourth-order valence-corrected chi connectivity index (χ4v) is 2.81. The first kappa shape index (κ1) is 14.2. The van der Waals surface area contributed by atoms with E-state index in [1.807, 2.05) is 13.8 Å². The lowest BCUT2D eigenvalue weighted by atomic mass is 10.2. The molecule has 0 N–H and O–H groups in total. The van der Waals surface area contributed by atoms with Crippen molar-refractivity contribution in [3.05, 3.63) is 20.6 Å². The van der Waals surface area contributed by atoms with Gasteiger partial charge in [0.2, 0.25) is 0 Å². The van der Waals surface area contributed by atoms with Crippen LogP contribution in [0.5, 0.6) is 0 Å². The first-order valence-corrected chi connectivity index (χ1v) is 6.80. The average Bonchev–Trinajstić information content (AvgIpc) is 2.79. The molecule has 0 aromatic rings. The minimum atomic E-state index is -0.655. The largest absolute Gasteiger partial charge is 0.465 e. The van der Waals surface area contributed by atoms with Gasteiger partial charge in [0.15, 0.2) is 5.57 Å². The van der Waals surface area contributed by atoms with Crippen LogP contribution in [-0.2, 0) is 19.1 Å². The molecule has 17 heavy (non-hydrogen) atoms. The molecule has 6 heteroatoms. The van der Waals surface area contributed by atoms with Gasteiger partial charge >= 0.3 is 11.9 Å². The summed E-state index contributed by atoms with van der Waals surface area (Å²) in [6.07, 6.45) is 0. The maximum atomic E-state index is 11.8. The minimum Gasteiger partial charge on any atom is -0.465 e. The van der Waals surface area contributed by atoms with Gasteiger partial charge in [-0.05, 0) is 16.7 Å². The maximum Gasteiger partial charge on any atom is 0.347 e. The first-order chi connectivity index (χ1) is 8.06. The van der Waals surface area contributed by atoms with E-state index in [9.17, 15) is 9.59 Å². The molecule has 0 saturated carbocycles. The molecular weight excluding hydrogens is 260 g/mol. The van der Waals surface area contributed by atoms with Crippen molar-refractivity contribution in [2.75, 3.05) is 13.7 Å². The van der Waals surface area contributed by atoms with Gasteiger partial charge in [0.1, 0.15) is 0 Å². The number of carbonyl (C=O) groups excluding carboxylic acids is 2. The van der Waals surface area contributed by atoms with Gasteiger partial charge in [0.05, 0.1) is 18.0 Å². The summed E-state index contributed by atoms with van der Waals surface area (Å²) in [6.45, 7) is 4.15. The molecule has 0 atom stereocenters. The van der Waals surface area contributed by atoms with Crippen molar-refractivity contribution < 1.29 is 19.1 Å². The maximum absolute atomic E-state index is 11.8. The number of hydrogen-bond acceptors (Lipinski definition) is 6. The van der Waals surface area contributed by atoms with Gasteiger partial charge in [-0.25, -0.2) is 9.59 Å². The summed E-state index contributed by atoms with van der Waals surface area (Å²) in [4.78, 5) is 23.3. The van der Waals surface area contributed by atoms with E-state index in [4.69, 9.17) is 4.74 Å². The van der Waals surface area contributed by atoms with Gasteiger partial charge in [-0.1, -0.05) is 37.4 Å². The fraction of sp³-hybridized carbons (Fsp3) is 0.455. The Balaban J connectivity index is 2.81. The molecule has 0 radical (unpaired) electrons. The molecular formula is C11H14O4S2. The van der Waals surface area contributed by atoms with E-state index in [0.717, 1.165) is 0 Å². The third kappa shape index (κ3) is 4.12. The molecule has 0 amide bonds. The van der Waals surface area contributed by atoms with E-state index in [2.05, 4.69) is 4.74 Å². The molecule has 0 spiro atoms. The Morgan fingerprint density at radius 1 is 1.24 bits per heavy atom. The quantitative estimate of drug-likeness (QED) is 0.340. The number of hydrogen-bond donors (Lipinski definition) is 0. The van der Waals surface area contributed by atoms with Gasteiger partial charge in [-0.2, -0.15) is 0 Å². The highest BCUT2D eigenvalue weighted by Crippen LogP contribution is 2.40. The number of esters is 2. The molecule has 0 fully saturated rings. The van der Waals surface area contributed by atoms with Crippen molar-refractivity contribution in [3.63, 3.8) is 0 Å². The van der Waals surface area contributed by atoms with Gasteiger partial charge in [0, 0.05) is 0 Å². The molecule has 1 aliphatic rings. The molecule has 0 bridgehead atoms. The third-order valence-electron chi connectivity index (χ3n) is 1.75. The van der Waals surface area contributed by atoms with E-state index < -0.39 is 11.9 Å². The van der Waals surface area contributed by atoms with Crippen molar-refractivity contribution in [2.45, 2.75) is 13.8 Å². The fourth-order valence-electron chi connectivity index (χ4n) is 0.991. The third-order valence-corrected chi connectivity index (χ3v) is 3.88. The van der Waals surface area contributed by atoms with Crippen LogP contribution in [0.1, 0.15) is 13.8 Å². The van der Waals surface area contributed by atoms with Crippen molar-refractivity contribution >= 4 is 35.5 Å². The molecule has 1 heterocycles. The lowest BCUT2D eigenvalue weighted by Gasteiger charge is -2.10. The number of ether oxygens (including phenoxy) is 2. The van der Waals surface area contributed by atoms with Crippen LogP contribution >= 0.6 is 23.5 Å². The number of thioether (sulfide) groups is 2. The lowest BCUT2D eigenvalue weighted by Crippen LogP contribution is -2.20. The van der Waals surface area contributed by atoms with Gasteiger partial charge in [-0.3, -0.25) is 0 Å². The topological polar surface area (TPSA) is 52.6 Å². The molecule has 94 valence electrons. The summed E-state index contributed by atoms with van der Waals surface area (Å²) in [5, 5.41) is 3.61. The Hall–Kier alpha value is -0.880. The highest BCUT2D eigenvalue weighted by molar-refractivity contribution is 8.27. The van der Waals surface area contributed by atoms with Crippen LogP contribution in [0, 0.1) is 5.92 Å². The second-order valence-corrected chi connectivity index (χ2v) is 5.74. The molecule has 1 rings (SSSR count). The molecule has 1 aliphatic heterocycles. The van der Waals surface area contributed by atoms with Crippen LogP contribution in [0.3, 0.4) is 0 Å². The SMILES string of the molecule is COC(=O)C(C(=O)OCC(C)C)=C1SC=CS1. The standard InChI is InChI=1S/C11H14O4S2/c1-7(2)6-15-10(13)8(9(12)14-3)11-16-4-5-17-11/h4-5,7H,6H2,1-3H3. The van der Waals surface area contributed by atoms with Crippen LogP contribution in [-0.4, -0.2) is 25.7 Å². The Morgan fingerprint density at radius 3 is 2.29 bits per heavy atom. The zero-order valence-electron chi connectivity index (χ0n) is 9.89. The van der Waals surface area contributed by atoms with Gasteiger partial charge in [-0.15, -0.1) is 0 Å². The number of carbonyl (C=O) groups is 2. The summed E-state index contributed by atoms with van der Waals surface area (Å²) in [7, 11) is 1.25. The Kier molecular flexibility index (Phi) is 5.64. The van der Waals surface area contributed by atoms with Gasteiger partial charge < -0.3 is 9.47 Å². The first-order valence-electron chi connectivity index (χ1n) is 5.04. The van der Waals surface area contributed by atoms with Crippen LogP contribution in [0.15, 0.2) is 20.6 Å². The van der Waals surface area contributed by atoms with E-state index in [1.54, 1.807) is 10.8 Å². The van der Waals surface area contributed by atoms with E-state index in [-0.39, 0.29) is 18.1 Å². The van der Waals surface area contributed by atoms with Crippen molar-refractivity contribution in [1.29, 1.82) is 0 Å². The Labute approximate surface area is 109 Å². The Morgan fingerprint density at radius 2 is 1.82 bits per heavy atom. The highest BCUT2D eigenvalue weighted by atomic mass is 32.2. The molecule has 4 nitrogen and oxygen atoms in total. The molecule has 0 unspecified atom stereocenters. The zero-order valence-corrected chi connectivity index (χ0v) is 11.5. The van der Waals surface area contributed by atoms with Crippen molar-refractivity contribution in [2.24, 2.45) is 5.92 Å². The Bertz CT molecular complexity index is 362. The lowest BCUT2D eigenvalue weighted by molar-refractivity contribution is -0.146.